The van der Waals surface area contributed by atoms with Crippen molar-refractivity contribution in [2.24, 2.45) is 0 Å². The number of amides is 1. The van der Waals surface area contributed by atoms with Crippen LogP contribution in [-0.2, 0) is 12.1 Å². The Labute approximate surface area is 184 Å². The Balaban J connectivity index is 1.50. The third-order valence-corrected chi connectivity index (χ3v) is 6.72. The highest BCUT2D eigenvalue weighted by atomic mass is 16.2. The van der Waals surface area contributed by atoms with Crippen LogP contribution in [-0.4, -0.2) is 51.9 Å². The van der Waals surface area contributed by atoms with E-state index in [1.54, 1.807) is 0 Å². The van der Waals surface area contributed by atoms with Gasteiger partial charge < -0.3 is 9.47 Å². The summed E-state index contributed by atoms with van der Waals surface area (Å²) in [6.45, 7) is 7.45. The number of aromatic nitrogens is 2. The number of nitrogens with zero attached hydrogens (tertiary/aromatic N) is 4. The Morgan fingerprint density at radius 2 is 1.77 bits per heavy atom. The molecule has 0 unspecified atom stereocenters. The van der Waals surface area contributed by atoms with E-state index < -0.39 is 0 Å². The van der Waals surface area contributed by atoms with Gasteiger partial charge in [-0.25, -0.2) is 4.98 Å². The molecule has 5 nitrogen and oxygen atoms in total. The minimum absolute atomic E-state index is 0.130. The zero-order valence-electron chi connectivity index (χ0n) is 18.6. The Kier molecular flexibility index (Phi) is 4.94. The molecule has 0 saturated carbocycles. The Morgan fingerprint density at radius 3 is 2.52 bits per heavy atom. The number of carbonyl (C=O) groups is 1. The molecule has 1 aromatic heterocycles. The fraction of sp³-hybridized carbons (Fsp3) is 0.385. The van der Waals surface area contributed by atoms with Gasteiger partial charge in [-0.1, -0.05) is 47.5 Å². The molecule has 160 valence electrons. The third-order valence-electron chi connectivity index (χ3n) is 6.72. The molecule has 1 amide bonds. The van der Waals surface area contributed by atoms with E-state index >= 15 is 0 Å². The van der Waals surface area contributed by atoms with Crippen molar-refractivity contribution in [3.8, 4) is 11.3 Å². The maximum atomic E-state index is 13.4. The van der Waals surface area contributed by atoms with Crippen molar-refractivity contribution >= 4 is 5.91 Å². The van der Waals surface area contributed by atoms with Gasteiger partial charge in [0.05, 0.1) is 23.3 Å². The molecule has 1 saturated heterocycles. The number of fused-ring (bicyclic) bond motifs is 2. The molecule has 1 spiro atoms. The second-order valence-corrected chi connectivity index (χ2v) is 9.38. The third kappa shape index (κ3) is 3.57. The van der Waals surface area contributed by atoms with Crippen molar-refractivity contribution in [3.63, 3.8) is 0 Å². The lowest BCUT2D eigenvalue weighted by Crippen LogP contribution is -2.58. The summed E-state index contributed by atoms with van der Waals surface area (Å²) in [6, 6.07) is 16.6. The fourth-order valence-corrected chi connectivity index (χ4v) is 5.55. The van der Waals surface area contributed by atoms with Crippen LogP contribution in [0, 0.1) is 13.8 Å². The van der Waals surface area contributed by atoms with Crippen molar-refractivity contribution in [2.75, 3.05) is 26.7 Å². The van der Waals surface area contributed by atoms with Gasteiger partial charge in [0.2, 0.25) is 0 Å². The summed E-state index contributed by atoms with van der Waals surface area (Å²) in [4.78, 5) is 22.7. The average Bonchev–Trinajstić information content (AvgIpc) is 3.18. The van der Waals surface area contributed by atoms with Crippen molar-refractivity contribution in [1.29, 1.82) is 0 Å². The largest absolute Gasteiger partial charge is 0.336 e. The highest BCUT2D eigenvalue weighted by Crippen LogP contribution is 2.38. The predicted molar refractivity (Wildman–Crippen MR) is 123 cm³/mol. The van der Waals surface area contributed by atoms with E-state index in [0.717, 1.165) is 67.0 Å². The monoisotopic (exact) mass is 414 g/mol. The number of carbonyl (C=O) groups excluding carboxylic acids is 1. The first-order chi connectivity index (χ1) is 14.9. The van der Waals surface area contributed by atoms with E-state index in [1.807, 2.05) is 24.5 Å². The molecule has 0 bridgehead atoms. The quantitative estimate of drug-likeness (QED) is 0.630. The number of rotatable bonds is 2. The van der Waals surface area contributed by atoms with E-state index in [4.69, 9.17) is 4.98 Å². The average molecular weight is 415 g/mol. The summed E-state index contributed by atoms with van der Waals surface area (Å²) >= 11 is 0. The van der Waals surface area contributed by atoms with Gasteiger partial charge in [-0.05, 0) is 45.9 Å². The Bertz CT molecular complexity index is 1100. The lowest BCUT2D eigenvalue weighted by Gasteiger charge is -2.49. The van der Waals surface area contributed by atoms with Gasteiger partial charge in [0.1, 0.15) is 0 Å². The second kappa shape index (κ2) is 7.65. The van der Waals surface area contributed by atoms with Crippen molar-refractivity contribution in [1.82, 2.24) is 19.4 Å². The van der Waals surface area contributed by atoms with Crippen LogP contribution in [0.3, 0.4) is 0 Å². The van der Waals surface area contributed by atoms with E-state index in [2.05, 4.69) is 65.6 Å². The van der Waals surface area contributed by atoms with Gasteiger partial charge in [-0.3, -0.25) is 9.69 Å². The van der Waals surface area contributed by atoms with E-state index in [1.165, 1.54) is 5.69 Å². The van der Waals surface area contributed by atoms with Gasteiger partial charge in [-0.15, -0.1) is 0 Å². The Hall–Kier alpha value is -2.92. The summed E-state index contributed by atoms with van der Waals surface area (Å²) in [6.07, 6.45) is 4.07. The zero-order chi connectivity index (χ0) is 21.6. The SMILES string of the molecule is Cc1cc(C)cc(C(=O)N2CCC[C@@]3(CN(C)Cc4c(-c5ccccc5)ncn43)C2)c1. The molecule has 5 heteroatoms. The summed E-state index contributed by atoms with van der Waals surface area (Å²) < 4.78 is 2.39. The van der Waals surface area contributed by atoms with Gasteiger partial charge in [0.25, 0.3) is 5.91 Å². The Morgan fingerprint density at radius 1 is 1.03 bits per heavy atom. The number of imidazole rings is 1. The smallest absolute Gasteiger partial charge is 0.253 e. The molecular formula is C26H30N4O. The summed E-state index contributed by atoms with van der Waals surface area (Å²) in [5.74, 6) is 0.143. The van der Waals surface area contributed by atoms with Crippen molar-refractivity contribution in [3.05, 3.63) is 77.2 Å². The number of likely N-dealkylation sites (N-methyl/N-ethyl adjacent to an activating group) is 1. The number of piperidine rings is 1. The standard InChI is InChI=1S/C26H30N4O/c1-19-12-20(2)14-22(13-19)25(31)29-11-7-10-26(17-29)16-28(3)15-23-24(27-18-30(23)26)21-8-5-4-6-9-21/h4-6,8-9,12-14,18H,7,10-11,15-17H2,1-3H3/t26-/m1/s1. The van der Waals surface area contributed by atoms with E-state index in [0.29, 0.717) is 0 Å². The van der Waals surface area contributed by atoms with Gasteiger partial charge in [0.15, 0.2) is 0 Å². The van der Waals surface area contributed by atoms with Crippen LogP contribution in [0.4, 0.5) is 0 Å². The summed E-state index contributed by atoms with van der Waals surface area (Å²) in [5.41, 5.74) is 6.41. The van der Waals surface area contributed by atoms with Crippen LogP contribution in [0.5, 0.6) is 0 Å². The molecule has 31 heavy (non-hydrogen) atoms. The summed E-state index contributed by atoms with van der Waals surface area (Å²) in [5, 5.41) is 0. The van der Waals surface area contributed by atoms with Crippen LogP contribution in [0.15, 0.2) is 54.9 Å². The minimum atomic E-state index is -0.130. The first-order valence-electron chi connectivity index (χ1n) is 11.1. The number of hydrogen-bond acceptors (Lipinski definition) is 3. The zero-order valence-corrected chi connectivity index (χ0v) is 18.6. The lowest BCUT2D eigenvalue weighted by atomic mass is 9.85. The number of likely N-dealkylation sites (tertiary alicyclic amines) is 1. The lowest BCUT2D eigenvalue weighted by molar-refractivity contribution is 0.0324. The topological polar surface area (TPSA) is 41.4 Å². The van der Waals surface area contributed by atoms with Gasteiger partial charge in [-0.2, -0.15) is 0 Å². The fourth-order valence-electron chi connectivity index (χ4n) is 5.55. The van der Waals surface area contributed by atoms with E-state index in [9.17, 15) is 4.79 Å². The molecule has 1 fully saturated rings. The van der Waals surface area contributed by atoms with Crippen LogP contribution in [0.1, 0.15) is 40.0 Å². The molecule has 3 heterocycles. The molecule has 5 rings (SSSR count). The highest BCUT2D eigenvalue weighted by Gasteiger charge is 2.44. The van der Waals surface area contributed by atoms with Crippen LogP contribution < -0.4 is 0 Å². The van der Waals surface area contributed by atoms with Gasteiger partial charge in [0, 0.05) is 37.3 Å². The van der Waals surface area contributed by atoms with Crippen LogP contribution >= 0.6 is 0 Å². The van der Waals surface area contributed by atoms with Crippen molar-refractivity contribution < 1.29 is 4.79 Å². The molecule has 3 aromatic rings. The number of benzene rings is 2. The van der Waals surface area contributed by atoms with Crippen LogP contribution in [0.25, 0.3) is 11.3 Å². The predicted octanol–water partition coefficient (Wildman–Crippen LogP) is 4.24. The maximum absolute atomic E-state index is 13.4. The normalized spacial score (nSPS) is 21.3. The van der Waals surface area contributed by atoms with E-state index in [-0.39, 0.29) is 11.4 Å². The molecule has 0 radical (unpaired) electrons. The van der Waals surface area contributed by atoms with Gasteiger partial charge >= 0.3 is 0 Å². The maximum Gasteiger partial charge on any atom is 0.253 e. The molecule has 1 atom stereocenters. The molecule has 2 aromatic carbocycles. The second-order valence-electron chi connectivity index (χ2n) is 9.38. The molecule has 2 aliphatic heterocycles. The minimum Gasteiger partial charge on any atom is -0.336 e. The summed E-state index contributed by atoms with van der Waals surface area (Å²) in [7, 11) is 2.18. The molecule has 2 aliphatic rings. The molecule has 0 N–H and O–H groups in total. The first kappa shape index (κ1) is 20.0. The van der Waals surface area contributed by atoms with Crippen LogP contribution in [0.2, 0.25) is 0 Å². The molecule has 0 aliphatic carbocycles. The first-order valence-corrected chi connectivity index (χ1v) is 11.1. The number of aryl methyl sites for hydroxylation is 2. The number of hydrogen-bond donors (Lipinski definition) is 0. The highest BCUT2D eigenvalue weighted by molar-refractivity contribution is 5.94. The van der Waals surface area contributed by atoms with Crippen molar-refractivity contribution in [2.45, 2.75) is 38.8 Å². The molecular weight excluding hydrogens is 384 g/mol.